The van der Waals surface area contributed by atoms with Crippen molar-refractivity contribution in [3.8, 4) is 11.3 Å². The molecule has 2 amide bonds. The van der Waals surface area contributed by atoms with Crippen LogP contribution in [0, 0.1) is 5.92 Å². The van der Waals surface area contributed by atoms with Crippen LogP contribution in [-0.4, -0.2) is 44.0 Å². The monoisotopic (exact) mass is 483 g/mol. The molecular formula is C27H29N7O2. The number of benzene rings is 1. The zero-order chi connectivity index (χ0) is 25.2. The molecule has 9 heteroatoms. The van der Waals surface area contributed by atoms with E-state index in [1.54, 1.807) is 18.5 Å². The second-order valence-corrected chi connectivity index (χ2v) is 9.62. The van der Waals surface area contributed by atoms with E-state index in [1.165, 1.54) is 0 Å². The molecule has 1 aliphatic carbocycles. The second kappa shape index (κ2) is 9.77. The lowest BCUT2D eigenvalue weighted by atomic mass is 10.1. The summed E-state index contributed by atoms with van der Waals surface area (Å²) in [5.74, 6) is -0.143. The van der Waals surface area contributed by atoms with Crippen molar-refractivity contribution in [2.75, 3.05) is 11.9 Å². The molecule has 1 aliphatic rings. The molecular weight excluding hydrogens is 454 g/mol. The highest BCUT2D eigenvalue weighted by molar-refractivity contribution is 5.95. The van der Waals surface area contributed by atoms with E-state index in [4.69, 9.17) is 10.8 Å². The van der Waals surface area contributed by atoms with Crippen LogP contribution in [0.3, 0.4) is 0 Å². The van der Waals surface area contributed by atoms with Crippen molar-refractivity contribution >= 4 is 23.1 Å². The van der Waals surface area contributed by atoms with Crippen LogP contribution < -0.4 is 16.4 Å². The highest BCUT2D eigenvalue weighted by Crippen LogP contribution is 2.26. The summed E-state index contributed by atoms with van der Waals surface area (Å²) in [6.07, 6.45) is 6.08. The van der Waals surface area contributed by atoms with E-state index in [2.05, 4.69) is 34.4 Å². The fourth-order valence-corrected chi connectivity index (χ4v) is 3.92. The van der Waals surface area contributed by atoms with Gasteiger partial charge in [-0.2, -0.15) is 5.10 Å². The number of carbonyl (C=O) groups excluding carboxylic acids is 2. The van der Waals surface area contributed by atoms with Gasteiger partial charge in [0, 0.05) is 36.3 Å². The highest BCUT2D eigenvalue weighted by atomic mass is 16.2. The number of amides is 2. The van der Waals surface area contributed by atoms with Gasteiger partial charge in [-0.15, -0.1) is 0 Å². The summed E-state index contributed by atoms with van der Waals surface area (Å²) in [6.45, 7) is 5.09. The molecule has 0 saturated heterocycles. The van der Waals surface area contributed by atoms with Gasteiger partial charge < -0.3 is 16.4 Å². The van der Waals surface area contributed by atoms with Gasteiger partial charge in [0.15, 0.2) is 5.65 Å². The molecule has 4 N–H and O–H groups in total. The average Bonchev–Trinajstić information content (AvgIpc) is 3.58. The largest absolute Gasteiger partial charge is 0.382 e. The minimum absolute atomic E-state index is 0.0428. The number of anilines is 1. The lowest BCUT2D eigenvalue weighted by Crippen LogP contribution is -2.25. The summed E-state index contributed by atoms with van der Waals surface area (Å²) in [5, 5.41) is 11.4. The van der Waals surface area contributed by atoms with Gasteiger partial charge in [0.25, 0.3) is 11.8 Å². The predicted molar refractivity (Wildman–Crippen MR) is 138 cm³/mol. The first-order valence-corrected chi connectivity index (χ1v) is 12.1. The Balaban J connectivity index is 1.48. The molecule has 5 rings (SSSR count). The van der Waals surface area contributed by atoms with Crippen LogP contribution in [0.4, 0.5) is 5.69 Å². The molecule has 0 atom stereocenters. The van der Waals surface area contributed by atoms with Crippen LogP contribution in [0.15, 0.2) is 54.9 Å². The molecule has 9 nitrogen and oxygen atoms in total. The van der Waals surface area contributed by atoms with Crippen molar-refractivity contribution in [2.24, 2.45) is 11.7 Å². The van der Waals surface area contributed by atoms with Gasteiger partial charge in [0.05, 0.1) is 23.3 Å². The Bertz CT molecular complexity index is 1400. The van der Waals surface area contributed by atoms with Gasteiger partial charge in [-0.1, -0.05) is 32.0 Å². The number of hydrogen-bond acceptors (Lipinski definition) is 6. The first-order valence-electron chi connectivity index (χ1n) is 12.1. The number of nitrogens with two attached hydrogens (primary N) is 1. The van der Waals surface area contributed by atoms with Crippen molar-refractivity contribution in [1.29, 1.82) is 0 Å². The smallest absolute Gasteiger partial charge is 0.267 e. The van der Waals surface area contributed by atoms with Crippen molar-refractivity contribution in [1.82, 2.24) is 24.9 Å². The number of nitrogens with zero attached hydrogens (tertiary/aromatic N) is 4. The Morgan fingerprint density at radius 2 is 1.86 bits per heavy atom. The Morgan fingerprint density at radius 3 is 2.50 bits per heavy atom. The Labute approximate surface area is 209 Å². The molecule has 0 aliphatic heterocycles. The van der Waals surface area contributed by atoms with Crippen LogP contribution in [0.25, 0.3) is 16.9 Å². The van der Waals surface area contributed by atoms with E-state index < -0.39 is 5.91 Å². The van der Waals surface area contributed by atoms with Gasteiger partial charge in [-0.25, -0.2) is 9.50 Å². The molecule has 4 aromatic rings. The van der Waals surface area contributed by atoms with Crippen LogP contribution in [0.1, 0.15) is 58.8 Å². The van der Waals surface area contributed by atoms with Gasteiger partial charge in [0.2, 0.25) is 0 Å². The minimum Gasteiger partial charge on any atom is -0.382 e. The first-order chi connectivity index (χ1) is 17.4. The third kappa shape index (κ3) is 5.19. The molecule has 0 unspecified atom stereocenters. The Hall–Kier alpha value is -4.27. The van der Waals surface area contributed by atoms with Crippen molar-refractivity contribution in [3.63, 3.8) is 0 Å². The van der Waals surface area contributed by atoms with Crippen LogP contribution in [-0.2, 0) is 6.42 Å². The third-order valence-electron chi connectivity index (χ3n) is 6.04. The number of rotatable bonds is 9. The lowest BCUT2D eigenvalue weighted by molar-refractivity contribution is 0.0949. The van der Waals surface area contributed by atoms with Gasteiger partial charge in [-0.05, 0) is 48.6 Å². The highest BCUT2D eigenvalue weighted by Gasteiger charge is 2.23. The zero-order valence-corrected chi connectivity index (χ0v) is 20.4. The first kappa shape index (κ1) is 23.5. The normalized spacial score (nSPS) is 13.2. The zero-order valence-electron chi connectivity index (χ0n) is 20.4. The van der Waals surface area contributed by atoms with Crippen molar-refractivity contribution in [2.45, 2.75) is 39.2 Å². The summed E-state index contributed by atoms with van der Waals surface area (Å²) >= 11 is 0. The van der Waals surface area contributed by atoms with E-state index in [0.717, 1.165) is 53.2 Å². The fourth-order valence-electron chi connectivity index (χ4n) is 3.92. The average molecular weight is 484 g/mol. The minimum atomic E-state index is -0.555. The maximum atomic E-state index is 12.4. The number of fused-ring (bicyclic) bond motifs is 1. The molecule has 36 heavy (non-hydrogen) atoms. The third-order valence-corrected chi connectivity index (χ3v) is 6.04. The van der Waals surface area contributed by atoms with Gasteiger partial charge in [-0.3, -0.25) is 14.6 Å². The number of pyridine rings is 1. The summed E-state index contributed by atoms with van der Waals surface area (Å²) < 4.78 is 1.84. The van der Waals surface area contributed by atoms with E-state index >= 15 is 0 Å². The molecule has 1 saturated carbocycles. The van der Waals surface area contributed by atoms with E-state index in [9.17, 15) is 9.59 Å². The quantitative estimate of drug-likeness (QED) is 0.335. The Morgan fingerprint density at radius 1 is 1.08 bits per heavy atom. The summed E-state index contributed by atoms with van der Waals surface area (Å²) in [5.41, 5.74) is 11.3. The maximum absolute atomic E-state index is 12.4. The van der Waals surface area contributed by atoms with Crippen molar-refractivity contribution in [3.05, 3.63) is 77.4 Å². The standard InChI is InChI=1S/C27H29N7O2/c1-16(2)13-29-23-12-21(11-17-3-10-22(25(28)35)30-14-17)33-34-24(15-31-26(23)34)18-4-6-19(7-5-18)27(36)32-20-8-9-20/h3-7,10,12,14-16,20,29H,8-9,11,13H2,1-2H3,(H2,28,35)(H,32,36). The summed E-state index contributed by atoms with van der Waals surface area (Å²) in [6, 6.07) is 13.3. The van der Waals surface area contributed by atoms with Gasteiger partial charge >= 0.3 is 0 Å². The van der Waals surface area contributed by atoms with Gasteiger partial charge in [0.1, 0.15) is 5.69 Å². The molecule has 0 spiro atoms. The predicted octanol–water partition coefficient (Wildman–Crippen LogP) is 3.44. The number of carbonyl (C=O) groups is 2. The molecule has 0 bridgehead atoms. The number of imidazole rings is 1. The summed E-state index contributed by atoms with van der Waals surface area (Å²) in [4.78, 5) is 32.5. The lowest BCUT2D eigenvalue weighted by Gasteiger charge is -2.13. The molecule has 0 radical (unpaired) electrons. The van der Waals surface area contributed by atoms with E-state index in [-0.39, 0.29) is 11.6 Å². The van der Waals surface area contributed by atoms with Crippen LogP contribution in [0.2, 0.25) is 0 Å². The molecule has 1 fully saturated rings. The molecule has 3 heterocycles. The SMILES string of the molecule is CC(C)CNc1cc(Cc2ccc(C(N)=O)nc2)nn2c(-c3ccc(C(=O)NC4CC4)cc3)cnc12. The summed E-state index contributed by atoms with van der Waals surface area (Å²) in [7, 11) is 0. The number of primary amides is 1. The fraction of sp³-hybridized carbons (Fsp3) is 0.296. The van der Waals surface area contributed by atoms with Crippen LogP contribution >= 0.6 is 0 Å². The number of nitrogens with one attached hydrogen (secondary N) is 2. The van der Waals surface area contributed by atoms with E-state index in [0.29, 0.717) is 23.9 Å². The molecule has 3 aromatic heterocycles. The number of hydrogen-bond donors (Lipinski definition) is 3. The van der Waals surface area contributed by atoms with E-state index in [1.807, 2.05) is 40.9 Å². The topological polar surface area (TPSA) is 127 Å². The van der Waals surface area contributed by atoms with Crippen molar-refractivity contribution < 1.29 is 9.59 Å². The van der Waals surface area contributed by atoms with Crippen LogP contribution in [0.5, 0.6) is 0 Å². The number of aromatic nitrogens is 4. The molecule has 184 valence electrons. The Kier molecular flexibility index (Phi) is 6.37. The second-order valence-electron chi connectivity index (χ2n) is 9.62. The molecule has 1 aromatic carbocycles. The maximum Gasteiger partial charge on any atom is 0.267 e.